The Balaban J connectivity index is 0. The van der Waals surface area contributed by atoms with Gasteiger partial charge in [-0.25, -0.2) is 0 Å². The number of rotatable bonds is 7. The highest BCUT2D eigenvalue weighted by molar-refractivity contribution is 14.0. The van der Waals surface area contributed by atoms with E-state index in [2.05, 4.69) is 15.6 Å². The summed E-state index contributed by atoms with van der Waals surface area (Å²) in [5, 5.41) is 6.39. The summed E-state index contributed by atoms with van der Waals surface area (Å²) in [5.74, 6) is 0.805. The van der Waals surface area contributed by atoms with E-state index in [-0.39, 0.29) is 30.0 Å². The fourth-order valence-electron chi connectivity index (χ4n) is 1.09. The summed E-state index contributed by atoms with van der Waals surface area (Å²) in [6.45, 7) is 6.88. The zero-order chi connectivity index (χ0) is 11.5. The number of hydrogen-bond donors (Lipinski definition) is 2. The first-order valence-electron chi connectivity index (χ1n) is 5.27. The second kappa shape index (κ2) is 13.0. The topological polar surface area (TPSA) is 54.9 Å². The third-order valence-electron chi connectivity index (χ3n) is 1.71. The molecule has 0 saturated carbocycles. The van der Waals surface area contributed by atoms with E-state index in [1.54, 1.807) is 14.2 Å². The van der Waals surface area contributed by atoms with Gasteiger partial charge in [-0.2, -0.15) is 0 Å². The number of nitrogens with one attached hydrogen (secondary N) is 2. The number of methoxy groups -OCH3 is 2. The summed E-state index contributed by atoms with van der Waals surface area (Å²) in [6, 6.07) is 0.246. The van der Waals surface area contributed by atoms with Crippen LogP contribution in [0.1, 0.15) is 13.8 Å². The SMILES string of the molecule is CCNC(=NCCOC)NC(C)COC.I. The molecule has 0 fully saturated rings. The van der Waals surface area contributed by atoms with Crippen LogP contribution in [0.2, 0.25) is 0 Å². The van der Waals surface area contributed by atoms with E-state index < -0.39 is 0 Å². The van der Waals surface area contributed by atoms with Gasteiger partial charge in [0.05, 0.1) is 19.8 Å². The van der Waals surface area contributed by atoms with Gasteiger partial charge in [-0.05, 0) is 13.8 Å². The highest BCUT2D eigenvalue weighted by Crippen LogP contribution is 1.83. The van der Waals surface area contributed by atoms with Crippen LogP contribution < -0.4 is 10.6 Å². The molecule has 5 nitrogen and oxygen atoms in total. The molecule has 0 heterocycles. The standard InChI is InChI=1S/C10H23N3O2.HI/c1-5-11-10(12-6-7-14-3)13-9(2)8-15-4;/h9H,5-8H2,1-4H3,(H2,11,12,13);1H. The molecule has 0 aromatic heterocycles. The lowest BCUT2D eigenvalue weighted by Gasteiger charge is -2.16. The summed E-state index contributed by atoms with van der Waals surface area (Å²) in [5.41, 5.74) is 0. The molecular weight excluding hydrogens is 321 g/mol. The van der Waals surface area contributed by atoms with Crippen LogP contribution in [-0.2, 0) is 9.47 Å². The number of halogens is 1. The van der Waals surface area contributed by atoms with Crippen molar-refractivity contribution in [2.24, 2.45) is 4.99 Å². The van der Waals surface area contributed by atoms with Gasteiger partial charge in [-0.3, -0.25) is 4.99 Å². The van der Waals surface area contributed by atoms with Crippen molar-refractivity contribution in [2.75, 3.05) is 40.5 Å². The summed E-state index contributed by atoms with van der Waals surface area (Å²) in [4.78, 5) is 4.34. The van der Waals surface area contributed by atoms with Gasteiger partial charge in [0.25, 0.3) is 0 Å². The maximum absolute atomic E-state index is 5.04. The third-order valence-corrected chi connectivity index (χ3v) is 1.71. The first-order chi connectivity index (χ1) is 7.24. The minimum absolute atomic E-state index is 0. The van der Waals surface area contributed by atoms with E-state index in [0.717, 1.165) is 12.5 Å². The Kier molecular flexibility index (Phi) is 14.8. The molecule has 0 aromatic carbocycles. The molecule has 0 aliphatic rings. The van der Waals surface area contributed by atoms with Crippen LogP contribution >= 0.6 is 24.0 Å². The van der Waals surface area contributed by atoms with Crippen LogP contribution in [0.3, 0.4) is 0 Å². The van der Waals surface area contributed by atoms with Crippen molar-refractivity contribution in [3.05, 3.63) is 0 Å². The third kappa shape index (κ3) is 10.4. The van der Waals surface area contributed by atoms with Crippen molar-refractivity contribution in [3.8, 4) is 0 Å². The molecule has 1 unspecified atom stereocenters. The van der Waals surface area contributed by atoms with E-state index in [4.69, 9.17) is 9.47 Å². The molecule has 6 heteroatoms. The molecule has 0 aromatic rings. The minimum atomic E-state index is 0. The fourth-order valence-corrected chi connectivity index (χ4v) is 1.09. The fraction of sp³-hybridized carbons (Fsp3) is 0.900. The van der Waals surface area contributed by atoms with E-state index in [1.807, 2.05) is 13.8 Å². The normalized spacial score (nSPS) is 12.9. The molecule has 2 N–H and O–H groups in total. The van der Waals surface area contributed by atoms with Crippen molar-refractivity contribution in [1.29, 1.82) is 0 Å². The molecular formula is C10H24IN3O2. The average molecular weight is 345 g/mol. The maximum Gasteiger partial charge on any atom is 0.191 e. The predicted molar refractivity (Wildman–Crippen MR) is 77.7 cm³/mol. The molecule has 16 heavy (non-hydrogen) atoms. The zero-order valence-corrected chi connectivity index (χ0v) is 12.9. The molecule has 0 spiro atoms. The van der Waals surface area contributed by atoms with Gasteiger partial charge in [0, 0.05) is 26.8 Å². The van der Waals surface area contributed by atoms with Crippen molar-refractivity contribution in [1.82, 2.24) is 10.6 Å². The van der Waals surface area contributed by atoms with Crippen LogP contribution in [0.15, 0.2) is 4.99 Å². The first kappa shape index (κ1) is 18.3. The van der Waals surface area contributed by atoms with Crippen LogP contribution in [0, 0.1) is 0 Å². The van der Waals surface area contributed by atoms with E-state index in [0.29, 0.717) is 19.8 Å². The summed E-state index contributed by atoms with van der Waals surface area (Å²) < 4.78 is 9.97. The number of hydrogen-bond acceptors (Lipinski definition) is 3. The summed E-state index contributed by atoms with van der Waals surface area (Å²) in [6.07, 6.45) is 0. The highest BCUT2D eigenvalue weighted by atomic mass is 127. The lowest BCUT2D eigenvalue weighted by molar-refractivity contribution is 0.178. The largest absolute Gasteiger partial charge is 0.383 e. The second-order valence-electron chi connectivity index (χ2n) is 3.25. The van der Waals surface area contributed by atoms with Crippen LogP contribution in [0.5, 0.6) is 0 Å². The second-order valence-corrected chi connectivity index (χ2v) is 3.25. The molecule has 0 bridgehead atoms. The molecule has 0 amide bonds. The van der Waals surface area contributed by atoms with Crippen molar-refractivity contribution in [2.45, 2.75) is 19.9 Å². The van der Waals surface area contributed by atoms with Crippen LogP contribution in [0.4, 0.5) is 0 Å². The van der Waals surface area contributed by atoms with Gasteiger partial charge in [-0.15, -0.1) is 24.0 Å². The Hall–Kier alpha value is -0.0800. The lowest BCUT2D eigenvalue weighted by Crippen LogP contribution is -2.44. The minimum Gasteiger partial charge on any atom is -0.383 e. The van der Waals surface area contributed by atoms with E-state index in [1.165, 1.54) is 0 Å². The monoisotopic (exact) mass is 345 g/mol. The van der Waals surface area contributed by atoms with Gasteiger partial charge in [0.2, 0.25) is 0 Å². The van der Waals surface area contributed by atoms with Crippen molar-refractivity contribution in [3.63, 3.8) is 0 Å². The van der Waals surface area contributed by atoms with Crippen molar-refractivity contribution >= 4 is 29.9 Å². The molecule has 0 aliphatic carbocycles. The van der Waals surface area contributed by atoms with E-state index in [9.17, 15) is 0 Å². The maximum atomic E-state index is 5.04. The van der Waals surface area contributed by atoms with Gasteiger partial charge in [-0.1, -0.05) is 0 Å². The van der Waals surface area contributed by atoms with Gasteiger partial charge in [0.1, 0.15) is 0 Å². The smallest absolute Gasteiger partial charge is 0.191 e. The van der Waals surface area contributed by atoms with Gasteiger partial charge >= 0.3 is 0 Å². The Morgan fingerprint density at radius 3 is 2.50 bits per heavy atom. The predicted octanol–water partition coefficient (Wildman–Crippen LogP) is 0.841. The molecule has 0 aliphatic heterocycles. The summed E-state index contributed by atoms with van der Waals surface area (Å²) >= 11 is 0. The molecule has 0 rings (SSSR count). The first-order valence-corrected chi connectivity index (χ1v) is 5.27. The van der Waals surface area contributed by atoms with Gasteiger partial charge in [0.15, 0.2) is 5.96 Å². The quantitative estimate of drug-likeness (QED) is 0.311. The number of guanidine groups is 1. The number of nitrogens with zero attached hydrogens (tertiary/aromatic N) is 1. The Labute approximate surface area is 115 Å². The average Bonchev–Trinajstić information content (AvgIpc) is 2.18. The zero-order valence-electron chi connectivity index (χ0n) is 10.6. The number of aliphatic imine (C=N–C) groups is 1. The van der Waals surface area contributed by atoms with Crippen LogP contribution in [0.25, 0.3) is 0 Å². The Morgan fingerprint density at radius 1 is 1.31 bits per heavy atom. The Bertz CT molecular complexity index is 179. The summed E-state index contributed by atoms with van der Waals surface area (Å²) in [7, 11) is 3.36. The molecule has 98 valence electrons. The Morgan fingerprint density at radius 2 is 2.00 bits per heavy atom. The molecule has 0 saturated heterocycles. The highest BCUT2D eigenvalue weighted by Gasteiger charge is 2.03. The number of ether oxygens (including phenoxy) is 2. The van der Waals surface area contributed by atoms with Crippen molar-refractivity contribution < 1.29 is 9.47 Å². The van der Waals surface area contributed by atoms with Crippen LogP contribution in [-0.4, -0.2) is 52.5 Å². The lowest BCUT2D eigenvalue weighted by atomic mass is 10.4. The van der Waals surface area contributed by atoms with Gasteiger partial charge < -0.3 is 20.1 Å². The van der Waals surface area contributed by atoms with E-state index >= 15 is 0 Å². The molecule has 1 atom stereocenters. The molecule has 0 radical (unpaired) electrons.